The van der Waals surface area contributed by atoms with E-state index in [1.807, 2.05) is 54.6 Å². The first-order chi connectivity index (χ1) is 30.4. The molecular weight excluding hydrogens is 969 g/mol. The Kier molecular flexibility index (Phi) is 10.0. The van der Waals surface area contributed by atoms with Gasteiger partial charge in [0.2, 0.25) is 0 Å². The second-order valence-corrected chi connectivity index (χ2v) is 18.7. The zero-order valence-corrected chi connectivity index (χ0v) is 38.8. The molecule has 0 aliphatic carbocycles. The fourth-order valence-electron chi connectivity index (χ4n) is 9.14. The van der Waals surface area contributed by atoms with Crippen LogP contribution in [-0.4, -0.2) is 26.4 Å². The van der Waals surface area contributed by atoms with E-state index in [9.17, 15) is 5.11 Å². The van der Waals surface area contributed by atoms with Crippen LogP contribution in [0.3, 0.4) is 0 Å². The SMILES string of the molecule is CC(C)(C)c1cc(-c2cccc(-c3ccccc3O)n2)[c-]c(-c2nc3cc4c5c(c3n2-c2ccc(C(C)(C)C)cc2-c2ccccc2)Oc2ccccc2B5c2ccccc2O4)c1.[Pt]. The minimum Gasteiger partial charge on any atom is -0.507 e. The van der Waals surface area contributed by atoms with Crippen molar-refractivity contribution in [2.45, 2.75) is 52.4 Å². The van der Waals surface area contributed by atoms with E-state index in [1.54, 1.807) is 6.07 Å². The maximum absolute atomic E-state index is 10.8. The Morgan fingerprint density at radius 2 is 1.20 bits per heavy atom. The van der Waals surface area contributed by atoms with Crippen molar-refractivity contribution in [1.82, 2.24) is 14.5 Å². The number of imidazole rings is 1. The zero-order chi connectivity index (χ0) is 43.2. The molecule has 0 amide bonds. The summed E-state index contributed by atoms with van der Waals surface area (Å²) in [7, 11) is 0. The summed E-state index contributed by atoms with van der Waals surface area (Å²) in [5, 5.41) is 10.8. The number of fused-ring (bicyclic) bond motifs is 6. The molecule has 0 radical (unpaired) electrons. The molecule has 9 aromatic rings. The second-order valence-electron chi connectivity index (χ2n) is 18.7. The molecule has 64 heavy (non-hydrogen) atoms. The van der Waals surface area contributed by atoms with E-state index < -0.39 is 0 Å². The summed E-state index contributed by atoms with van der Waals surface area (Å²) in [6.07, 6.45) is 0. The third-order valence-corrected chi connectivity index (χ3v) is 12.4. The predicted molar refractivity (Wildman–Crippen MR) is 256 cm³/mol. The standard InChI is InChI=1S/C56H45BN3O3.Pt/c1-55(2,3)37-27-28-46(40(32-37)34-17-8-7-9-18-34)60-52-45(33-50-51-53(52)63-49-26-15-12-21-42(49)57(51)41-20-11-14-25-48(41)62-50)59-54(60)36-29-35(30-38(31-36)56(4,5)6)43-22-16-23-44(58-43)39-19-10-13-24-47(39)61;/h7-28,30-33,61H,1-6H3;/q-1;. The van der Waals surface area contributed by atoms with E-state index in [1.165, 1.54) is 5.56 Å². The van der Waals surface area contributed by atoms with Gasteiger partial charge in [-0.2, -0.15) is 0 Å². The normalized spacial score (nSPS) is 12.7. The monoisotopic (exact) mass is 1010 g/mol. The predicted octanol–water partition coefficient (Wildman–Crippen LogP) is 11.9. The average molecular weight is 1010 g/mol. The van der Waals surface area contributed by atoms with Gasteiger partial charge in [-0.3, -0.25) is 9.97 Å². The van der Waals surface area contributed by atoms with Crippen molar-refractivity contribution < 1.29 is 35.6 Å². The Labute approximate surface area is 389 Å². The van der Waals surface area contributed by atoms with E-state index >= 15 is 0 Å². The molecule has 6 nitrogen and oxygen atoms in total. The second kappa shape index (κ2) is 15.5. The fraction of sp³-hybridized carbons (Fsp3) is 0.143. The van der Waals surface area contributed by atoms with Gasteiger partial charge < -0.3 is 19.1 Å². The number of nitrogens with zero attached hydrogens (tertiary/aromatic N) is 3. The number of aromatic nitrogens is 3. The van der Waals surface area contributed by atoms with Crippen molar-refractivity contribution in [3.05, 3.63) is 175 Å². The van der Waals surface area contributed by atoms with Crippen LogP contribution in [0.5, 0.6) is 28.7 Å². The minimum absolute atomic E-state index is 0. The molecule has 2 aromatic heterocycles. The number of para-hydroxylation sites is 3. The van der Waals surface area contributed by atoms with Gasteiger partial charge in [-0.05, 0) is 75.3 Å². The number of hydrogen-bond donors (Lipinski definition) is 1. The molecule has 2 aliphatic heterocycles. The number of ether oxygens (including phenoxy) is 2. The Bertz CT molecular complexity index is 3280. The summed E-state index contributed by atoms with van der Waals surface area (Å²) in [4.78, 5) is 10.7. The molecule has 0 spiro atoms. The summed E-state index contributed by atoms with van der Waals surface area (Å²) >= 11 is 0. The molecule has 7 aromatic carbocycles. The maximum Gasteiger partial charge on any atom is 0.260 e. The molecule has 0 saturated carbocycles. The van der Waals surface area contributed by atoms with E-state index in [4.69, 9.17) is 19.4 Å². The van der Waals surface area contributed by atoms with Crippen molar-refractivity contribution in [1.29, 1.82) is 0 Å². The molecule has 0 saturated heterocycles. The van der Waals surface area contributed by atoms with E-state index in [0.717, 1.165) is 89.6 Å². The molecule has 0 fully saturated rings. The summed E-state index contributed by atoms with van der Waals surface area (Å²) in [6, 6.07) is 57.6. The van der Waals surface area contributed by atoms with Crippen LogP contribution in [0.25, 0.3) is 61.8 Å². The molecule has 0 atom stereocenters. The number of benzene rings is 7. The van der Waals surface area contributed by atoms with Gasteiger partial charge in [0, 0.05) is 55.1 Å². The number of hydrogen-bond acceptors (Lipinski definition) is 5. The maximum atomic E-state index is 10.8. The molecule has 4 heterocycles. The molecule has 11 rings (SSSR count). The average Bonchev–Trinajstić information content (AvgIpc) is 3.68. The Morgan fingerprint density at radius 3 is 1.92 bits per heavy atom. The Hall–Kier alpha value is -6.69. The van der Waals surface area contributed by atoms with Crippen LogP contribution >= 0.6 is 0 Å². The van der Waals surface area contributed by atoms with Gasteiger partial charge in [0.25, 0.3) is 6.71 Å². The van der Waals surface area contributed by atoms with Crippen molar-refractivity contribution in [3.63, 3.8) is 0 Å². The van der Waals surface area contributed by atoms with Gasteiger partial charge in [-0.1, -0.05) is 150 Å². The van der Waals surface area contributed by atoms with Gasteiger partial charge in [-0.25, -0.2) is 0 Å². The summed E-state index contributed by atoms with van der Waals surface area (Å²) < 4.78 is 16.2. The van der Waals surface area contributed by atoms with Crippen LogP contribution in [0.1, 0.15) is 52.7 Å². The first-order valence-electron chi connectivity index (χ1n) is 21.6. The fourth-order valence-corrected chi connectivity index (χ4v) is 9.14. The molecule has 2 aliphatic rings. The van der Waals surface area contributed by atoms with Crippen LogP contribution in [0.2, 0.25) is 0 Å². The summed E-state index contributed by atoms with van der Waals surface area (Å²) in [5.41, 5.74) is 13.6. The van der Waals surface area contributed by atoms with E-state index in [2.05, 4.69) is 149 Å². The molecule has 1 N–H and O–H groups in total. The smallest absolute Gasteiger partial charge is 0.260 e. The first kappa shape index (κ1) is 41.3. The number of rotatable bonds is 5. The molecular formula is C56H45BN3O3Pt-. The van der Waals surface area contributed by atoms with Gasteiger partial charge in [0.15, 0.2) is 5.75 Å². The summed E-state index contributed by atoms with van der Waals surface area (Å²) in [6.45, 7) is 13.3. The zero-order valence-electron chi connectivity index (χ0n) is 36.5. The van der Waals surface area contributed by atoms with Crippen LogP contribution < -0.4 is 25.9 Å². The number of phenolic OH excluding ortho intramolecular Hbond substituents is 1. The molecule has 0 bridgehead atoms. The quantitative estimate of drug-likeness (QED) is 0.137. The van der Waals surface area contributed by atoms with E-state index in [0.29, 0.717) is 17.1 Å². The van der Waals surface area contributed by atoms with E-state index in [-0.39, 0.29) is 44.4 Å². The third-order valence-electron chi connectivity index (χ3n) is 12.4. The summed E-state index contributed by atoms with van der Waals surface area (Å²) in [5.74, 6) is 3.99. The Balaban J connectivity index is 0.00000484. The third kappa shape index (κ3) is 6.94. The van der Waals surface area contributed by atoms with Gasteiger partial charge in [-0.15, -0.1) is 23.8 Å². The van der Waals surface area contributed by atoms with Crippen molar-refractivity contribution in [2.75, 3.05) is 0 Å². The molecule has 8 heteroatoms. The van der Waals surface area contributed by atoms with Crippen molar-refractivity contribution in [3.8, 4) is 79.5 Å². The van der Waals surface area contributed by atoms with Crippen molar-refractivity contribution in [2.24, 2.45) is 0 Å². The van der Waals surface area contributed by atoms with Gasteiger partial charge in [0.05, 0.1) is 17.0 Å². The van der Waals surface area contributed by atoms with Crippen molar-refractivity contribution >= 4 is 34.1 Å². The molecule has 0 unspecified atom stereocenters. The number of pyridine rings is 1. The minimum atomic E-state index is -0.237. The number of aromatic hydroxyl groups is 1. The Morgan fingerprint density at radius 1 is 0.562 bits per heavy atom. The largest absolute Gasteiger partial charge is 0.507 e. The first-order valence-corrected chi connectivity index (χ1v) is 21.6. The topological polar surface area (TPSA) is 69.4 Å². The van der Waals surface area contributed by atoms with Crippen LogP contribution in [0.4, 0.5) is 0 Å². The van der Waals surface area contributed by atoms with Gasteiger partial charge >= 0.3 is 0 Å². The van der Waals surface area contributed by atoms with Crippen LogP contribution in [-0.2, 0) is 31.9 Å². The number of phenols is 1. The molecule has 316 valence electrons. The van der Waals surface area contributed by atoms with Crippen LogP contribution in [0.15, 0.2) is 158 Å². The van der Waals surface area contributed by atoms with Gasteiger partial charge in [0.1, 0.15) is 28.5 Å². The van der Waals surface area contributed by atoms with Crippen LogP contribution in [0, 0.1) is 6.07 Å².